The van der Waals surface area contributed by atoms with Crippen LogP contribution in [-0.2, 0) is 11.3 Å². The molecule has 0 N–H and O–H groups in total. The summed E-state index contributed by atoms with van der Waals surface area (Å²) < 4.78 is 14.4. The van der Waals surface area contributed by atoms with Gasteiger partial charge >= 0.3 is 0 Å². The molecule has 158 valence electrons. The van der Waals surface area contributed by atoms with Crippen LogP contribution in [0.4, 0.5) is 10.1 Å². The van der Waals surface area contributed by atoms with Crippen LogP contribution in [-0.4, -0.2) is 29.9 Å². The Bertz CT molecular complexity index is 969. The lowest BCUT2D eigenvalue weighted by atomic mass is 9.88. The molecule has 1 saturated heterocycles. The number of carbonyl (C=O) groups is 1. The third-order valence-electron chi connectivity index (χ3n) is 6.06. The Labute approximate surface area is 182 Å². The van der Waals surface area contributed by atoms with Crippen molar-refractivity contribution in [1.82, 2.24) is 4.90 Å². The molecule has 1 fully saturated rings. The molecule has 1 amide bonds. The van der Waals surface area contributed by atoms with E-state index in [4.69, 9.17) is 11.6 Å². The van der Waals surface area contributed by atoms with Crippen LogP contribution in [0, 0.1) is 22.6 Å². The third-order valence-corrected chi connectivity index (χ3v) is 6.37. The van der Waals surface area contributed by atoms with Gasteiger partial charge in [0.05, 0.1) is 10.6 Å². The van der Waals surface area contributed by atoms with Gasteiger partial charge in [0.15, 0.2) is 0 Å². The molecule has 2 aromatic rings. The number of halogens is 2. The van der Waals surface area contributed by atoms with Crippen LogP contribution in [0.2, 0.25) is 5.02 Å². The maximum absolute atomic E-state index is 14.4. The summed E-state index contributed by atoms with van der Waals surface area (Å²) in [7, 11) is 0. The van der Waals surface area contributed by atoms with Gasteiger partial charge in [-0.05, 0) is 37.1 Å². The van der Waals surface area contributed by atoms with Crippen molar-refractivity contribution in [2.45, 2.75) is 46.2 Å². The van der Waals surface area contributed by atoms with Gasteiger partial charge in [0.2, 0.25) is 5.91 Å². The van der Waals surface area contributed by atoms with E-state index in [-0.39, 0.29) is 17.8 Å². The number of amides is 1. The fraction of sp³-hybridized carbons (Fsp3) is 0.417. The highest BCUT2D eigenvalue weighted by atomic mass is 35.5. The zero-order valence-corrected chi connectivity index (χ0v) is 18.4. The number of benzene rings is 2. The molecule has 1 aliphatic heterocycles. The van der Waals surface area contributed by atoms with E-state index in [2.05, 4.69) is 11.0 Å². The van der Waals surface area contributed by atoms with E-state index >= 15 is 0 Å². The first kappa shape index (κ1) is 22.1. The van der Waals surface area contributed by atoms with Crippen LogP contribution >= 0.6 is 11.6 Å². The zero-order chi connectivity index (χ0) is 21.9. The van der Waals surface area contributed by atoms with Crippen molar-refractivity contribution < 1.29 is 9.18 Å². The van der Waals surface area contributed by atoms with Gasteiger partial charge in [0.25, 0.3) is 0 Å². The Kier molecular flexibility index (Phi) is 6.67. The van der Waals surface area contributed by atoms with E-state index in [1.807, 2.05) is 37.8 Å². The predicted molar refractivity (Wildman–Crippen MR) is 118 cm³/mol. The number of likely N-dealkylation sites (tertiary alicyclic amines) is 1. The first-order chi connectivity index (χ1) is 14.3. The van der Waals surface area contributed by atoms with Gasteiger partial charge in [-0.15, -0.1) is 0 Å². The SMILES string of the molecule is CCC(C)(C)C(=O)N1CCC(N(Cc2ccccc2F)c2ccc(C#N)c(Cl)c2)C1. The van der Waals surface area contributed by atoms with Crippen molar-refractivity contribution in [2.75, 3.05) is 18.0 Å². The highest BCUT2D eigenvalue weighted by Crippen LogP contribution is 2.32. The average molecular weight is 428 g/mol. The normalized spacial score (nSPS) is 16.4. The van der Waals surface area contributed by atoms with E-state index < -0.39 is 5.41 Å². The van der Waals surface area contributed by atoms with E-state index in [1.165, 1.54) is 6.07 Å². The molecule has 0 aliphatic carbocycles. The highest BCUT2D eigenvalue weighted by molar-refractivity contribution is 6.32. The van der Waals surface area contributed by atoms with Crippen LogP contribution in [0.15, 0.2) is 42.5 Å². The van der Waals surface area contributed by atoms with Gasteiger partial charge in [-0.1, -0.05) is 50.6 Å². The molecule has 0 radical (unpaired) electrons. The molecular formula is C24H27ClFN3O. The minimum Gasteiger partial charge on any atom is -0.362 e. The monoisotopic (exact) mass is 427 g/mol. The molecule has 1 atom stereocenters. The van der Waals surface area contributed by atoms with Crippen LogP contribution in [0.25, 0.3) is 0 Å². The Morgan fingerprint density at radius 1 is 1.33 bits per heavy atom. The molecule has 4 nitrogen and oxygen atoms in total. The lowest BCUT2D eigenvalue weighted by Gasteiger charge is -2.33. The van der Waals surface area contributed by atoms with Gasteiger partial charge < -0.3 is 9.80 Å². The third kappa shape index (κ3) is 4.60. The average Bonchev–Trinajstić information content (AvgIpc) is 3.22. The Morgan fingerprint density at radius 3 is 2.70 bits per heavy atom. The molecule has 30 heavy (non-hydrogen) atoms. The summed E-state index contributed by atoms with van der Waals surface area (Å²) in [5.74, 6) is -0.114. The molecule has 1 unspecified atom stereocenters. The lowest BCUT2D eigenvalue weighted by molar-refractivity contribution is -0.139. The molecular weight excluding hydrogens is 401 g/mol. The van der Waals surface area contributed by atoms with Crippen LogP contribution in [0.3, 0.4) is 0 Å². The number of nitrogens with zero attached hydrogens (tertiary/aromatic N) is 3. The van der Waals surface area contributed by atoms with E-state index in [9.17, 15) is 14.4 Å². The molecule has 0 saturated carbocycles. The lowest BCUT2D eigenvalue weighted by Crippen LogP contribution is -2.42. The minimum absolute atomic E-state index is 0.0326. The summed E-state index contributed by atoms with van der Waals surface area (Å²) >= 11 is 6.28. The smallest absolute Gasteiger partial charge is 0.228 e. The number of nitriles is 1. The van der Waals surface area contributed by atoms with Crippen molar-refractivity contribution in [3.8, 4) is 6.07 Å². The van der Waals surface area contributed by atoms with Crippen molar-refractivity contribution in [3.63, 3.8) is 0 Å². The second-order valence-corrected chi connectivity index (χ2v) is 8.83. The number of hydrogen-bond acceptors (Lipinski definition) is 3. The second-order valence-electron chi connectivity index (χ2n) is 8.43. The largest absolute Gasteiger partial charge is 0.362 e. The van der Waals surface area contributed by atoms with Crippen LogP contribution in [0.1, 0.15) is 44.7 Å². The molecule has 3 rings (SSSR count). The van der Waals surface area contributed by atoms with Crippen LogP contribution < -0.4 is 4.90 Å². The van der Waals surface area contributed by atoms with E-state index in [0.29, 0.717) is 35.8 Å². The maximum atomic E-state index is 14.4. The van der Waals surface area contributed by atoms with Crippen molar-refractivity contribution in [3.05, 3.63) is 64.4 Å². The summed E-state index contributed by atoms with van der Waals surface area (Å²) in [6.07, 6.45) is 1.56. The fourth-order valence-corrected chi connectivity index (χ4v) is 3.99. The topological polar surface area (TPSA) is 47.3 Å². The first-order valence-electron chi connectivity index (χ1n) is 10.3. The quantitative estimate of drug-likeness (QED) is 0.620. The van der Waals surface area contributed by atoms with Gasteiger partial charge in [-0.2, -0.15) is 5.26 Å². The van der Waals surface area contributed by atoms with E-state index in [0.717, 1.165) is 18.5 Å². The van der Waals surface area contributed by atoms with Gasteiger partial charge in [-0.25, -0.2) is 4.39 Å². The predicted octanol–water partition coefficient (Wildman–Crippen LogP) is 5.39. The number of anilines is 1. The summed E-state index contributed by atoms with van der Waals surface area (Å²) in [6.45, 7) is 7.58. The summed E-state index contributed by atoms with van der Waals surface area (Å²) in [4.78, 5) is 16.9. The molecule has 1 aliphatic rings. The van der Waals surface area contributed by atoms with Crippen molar-refractivity contribution >= 4 is 23.2 Å². The van der Waals surface area contributed by atoms with Crippen molar-refractivity contribution in [1.29, 1.82) is 5.26 Å². The van der Waals surface area contributed by atoms with E-state index in [1.54, 1.807) is 24.3 Å². The Morgan fingerprint density at radius 2 is 2.07 bits per heavy atom. The summed E-state index contributed by atoms with van der Waals surface area (Å²) in [6, 6.07) is 14.1. The van der Waals surface area contributed by atoms with Crippen molar-refractivity contribution in [2.24, 2.45) is 5.41 Å². The molecule has 2 aromatic carbocycles. The second kappa shape index (κ2) is 9.06. The Hall–Kier alpha value is -2.58. The minimum atomic E-state index is -0.400. The zero-order valence-electron chi connectivity index (χ0n) is 17.7. The molecule has 0 aromatic heterocycles. The summed E-state index contributed by atoms with van der Waals surface area (Å²) in [5, 5.41) is 9.55. The number of rotatable bonds is 6. The number of hydrogen-bond donors (Lipinski definition) is 0. The molecule has 6 heteroatoms. The fourth-order valence-electron chi connectivity index (χ4n) is 3.77. The van der Waals surface area contributed by atoms with Gasteiger partial charge in [-0.3, -0.25) is 4.79 Å². The maximum Gasteiger partial charge on any atom is 0.228 e. The van der Waals surface area contributed by atoms with Gasteiger partial charge in [0.1, 0.15) is 11.9 Å². The summed E-state index contributed by atoms with van der Waals surface area (Å²) in [5.41, 5.74) is 1.40. The van der Waals surface area contributed by atoms with Gasteiger partial charge in [0, 0.05) is 42.3 Å². The number of carbonyl (C=O) groups excluding carboxylic acids is 1. The standard InChI is InChI=1S/C24H27ClFN3O/c1-4-24(2,3)23(30)28-12-11-20(16-28)29(15-18-7-5-6-8-22(18)26)19-10-9-17(14-27)21(25)13-19/h5-10,13,20H,4,11-12,15-16H2,1-3H3. The molecule has 1 heterocycles. The molecule has 0 bridgehead atoms. The molecule has 0 spiro atoms. The highest BCUT2D eigenvalue weighted by Gasteiger charge is 2.36. The first-order valence-corrected chi connectivity index (χ1v) is 10.6. The van der Waals surface area contributed by atoms with Crippen LogP contribution in [0.5, 0.6) is 0 Å². The Balaban J connectivity index is 1.91.